The van der Waals surface area contributed by atoms with E-state index in [2.05, 4.69) is 29.7 Å². The highest BCUT2D eigenvalue weighted by atomic mass is 16.1. The van der Waals surface area contributed by atoms with Crippen molar-refractivity contribution in [2.45, 2.75) is 39.0 Å². The molecule has 0 aliphatic heterocycles. The maximum atomic E-state index is 11.3. The van der Waals surface area contributed by atoms with E-state index >= 15 is 0 Å². The molecule has 20 heavy (non-hydrogen) atoms. The number of amides is 1. The van der Waals surface area contributed by atoms with Gasteiger partial charge in [-0.3, -0.25) is 4.79 Å². The molecule has 0 heterocycles. The Kier molecular flexibility index (Phi) is 5.45. The predicted molar refractivity (Wildman–Crippen MR) is 83.8 cm³/mol. The lowest BCUT2D eigenvalue weighted by Gasteiger charge is -2.26. The molecule has 0 atom stereocenters. The lowest BCUT2D eigenvalue weighted by molar-refractivity contribution is -0.119. The highest BCUT2D eigenvalue weighted by molar-refractivity contribution is 5.78. The van der Waals surface area contributed by atoms with Crippen molar-refractivity contribution in [2.24, 2.45) is 11.8 Å². The van der Waals surface area contributed by atoms with Gasteiger partial charge in [-0.1, -0.05) is 31.9 Å². The fraction of sp³-hybridized carbons (Fsp3) is 0.588. The van der Waals surface area contributed by atoms with Crippen molar-refractivity contribution >= 4 is 11.6 Å². The number of benzene rings is 1. The van der Waals surface area contributed by atoms with Crippen molar-refractivity contribution in [1.82, 2.24) is 5.32 Å². The van der Waals surface area contributed by atoms with Crippen LogP contribution in [0.2, 0.25) is 0 Å². The second-order valence-corrected chi connectivity index (χ2v) is 6.05. The molecule has 1 aliphatic rings. The quantitative estimate of drug-likeness (QED) is 0.865. The molecule has 1 amide bonds. The summed E-state index contributed by atoms with van der Waals surface area (Å²) < 4.78 is 0. The third kappa shape index (κ3) is 4.55. The van der Waals surface area contributed by atoms with Gasteiger partial charge in [0.1, 0.15) is 0 Å². The van der Waals surface area contributed by atoms with E-state index in [0.717, 1.165) is 29.6 Å². The zero-order valence-electron chi connectivity index (χ0n) is 12.6. The second-order valence-electron chi connectivity index (χ2n) is 6.05. The first-order chi connectivity index (χ1) is 9.67. The van der Waals surface area contributed by atoms with Crippen molar-refractivity contribution in [3.63, 3.8) is 0 Å². The fourth-order valence-corrected chi connectivity index (χ4v) is 2.81. The summed E-state index contributed by atoms with van der Waals surface area (Å²) in [5.74, 6) is 1.79. The van der Waals surface area contributed by atoms with Crippen LogP contribution in [0, 0.1) is 11.8 Å². The van der Waals surface area contributed by atoms with Gasteiger partial charge in [0.2, 0.25) is 5.91 Å². The number of hydrogen-bond donors (Lipinski definition) is 2. The summed E-state index contributed by atoms with van der Waals surface area (Å²) in [7, 11) is 1.67. The Labute approximate surface area is 122 Å². The Bertz CT molecular complexity index is 419. The smallest absolute Gasteiger partial charge is 0.224 e. The van der Waals surface area contributed by atoms with Crippen LogP contribution in [0.4, 0.5) is 5.69 Å². The van der Waals surface area contributed by atoms with Crippen molar-refractivity contribution in [1.29, 1.82) is 0 Å². The molecule has 3 nitrogen and oxygen atoms in total. The first kappa shape index (κ1) is 14.9. The lowest BCUT2D eigenvalue weighted by atomic mass is 9.83. The molecule has 0 unspecified atom stereocenters. The van der Waals surface area contributed by atoms with Crippen LogP contribution in [0.1, 0.15) is 38.2 Å². The van der Waals surface area contributed by atoms with E-state index in [1.54, 1.807) is 7.05 Å². The van der Waals surface area contributed by atoms with E-state index in [1.807, 2.05) is 12.1 Å². The summed E-state index contributed by atoms with van der Waals surface area (Å²) in [5.41, 5.74) is 2.21. The molecule has 2 N–H and O–H groups in total. The van der Waals surface area contributed by atoms with Crippen molar-refractivity contribution in [3.05, 3.63) is 29.8 Å². The van der Waals surface area contributed by atoms with Crippen LogP contribution in [-0.2, 0) is 11.2 Å². The molecule has 0 saturated heterocycles. The van der Waals surface area contributed by atoms with Crippen LogP contribution in [-0.4, -0.2) is 19.5 Å². The zero-order valence-corrected chi connectivity index (χ0v) is 12.6. The van der Waals surface area contributed by atoms with Gasteiger partial charge in [-0.05, 0) is 42.4 Å². The Hall–Kier alpha value is -1.51. The number of carbonyl (C=O) groups excluding carboxylic acids is 1. The summed E-state index contributed by atoms with van der Waals surface area (Å²) in [4.78, 5) is 11.3. The Morgan fingerprint density at radius 2 is 1.80 bits per heavy atom. The lowest BCUT2D eigenvalue weighted by Crippen LogP contribution is -2.20. The highest BCUT2D eigenvalue weighted by Crippen LogP contribution is 2.28. The predicted octanol–water partition coefficient (Wildman–Crippen LogP) is 3.21. The molecule has 1 saturated carbocycles. The summed E-state index contributed by atoms with van der Waals surface area (Å²) >= 11 is 0. The van der Waals surface area contributed by atoms with Crippen LogP contribution in [0.5, 0.6) is 0 Å². The monoisotopic (exact) mass is 274 g/mol. The molecule has 0 bridgehead atoms. The van der Waals surface area contributed by atoms with E-state index < -0.39 is 0 Å². The minimum atomic E-state index is 0.0574. The first-order valence-electron chi connectivity index (χ1n) is 7.70. The van der Waals surface area contributed by atoms with Gasteiger partial charge in [-0.2, -0.15) is 0 Å². The van der Waals surface area contributed by atoms with E-state index in [0.29, 0.717) is 6.42 Å². The largest absolute Gasteiger partial charge is 0.385 e. The van der Waals surface area contributed by atoms with Gasteiger partial charge in [0.05, 0.1) is 6.42 Å². The van der Waals surface area contributed by atoms with Gasteiger partial charge in [0, 0.05) is 19.3 Å². The third-order valence-electron chi connectivity index (χ3n) is 4.33. The normalized spacial score (nSPS) is 22.3. The molecule has 0 radical (unpaired) electrons. The molecule has 1 aromatic rings. The van der Waals surface area contributed by atoms with Crippen molar-refractivity contribution in [2.75, 3.05) is 18.9 Å². The molecular formula is C17H26N2O. The van der Waals surface area contributed by atoms with Gasteiger partial charge in [-0.15, -0.1) is 0 Å². The Balaban J connectivity index is 1.77. The average molecular weight is 274 g/mol. The van der Waals surface area contributed by atoms with Gasteiger partial charge < -0.3 is 10.6 Å². The van der Waals surface area contributed by atoms with Crippen LogP contribution in [0.25, 0.3) is 0 Å². The second kappa shape index (κ2) is 7.32. The SMILES string of the molecule is CNC(=O)Cc1ccc(NCC2CCC(C)CC2)cc1. The van der Waals surface area contributed by atoms with E-state index in [1.165, 1.54) is 25.7 Å². The molecular weight excluding hydrogens is 248 g/mol. The van der Waals surface area contributed by atoms with Gasteiger partial charge in [0.15, 0.2) is 0 Å². The molecule has 1 aliphatic carbocycles. The van der Waals surface area contributed by atoms with Crippen LogP contribution >= 0.6 is 0 Å². The van der Waals surface area contributed by atoms with E-state index in [4.69, 9.17) is 0 Å². The van der Waals surface area contributed by atoms with Crippen molar-refractivity contribution in [3.8, 4) is 0 Å². The number of rotatable bonds is 5. The minimum absolute atomic E-state index is 0.0574. The van der Waals surface area contributed by atoms with Crippen LogP contribution in [0.15, 0.2) is 24.3 Å². The molecule has 2 rings (SSSR count). The molecule has 110 valence electrons. The Morgan fingerprint density at radius 1 is 1.15 bits per heavy atom. The summed E-state index contributed by atoms with van der Waals surface area (Å²) in [6.45, 7) is 3.43. The molecule has 0 aromatic heterocycles. The van der Waals surface area contributed by atoms with Gasteiger partial charge in [0.25, 0.3) is 0 Å². The van der Waals surface area contributed by atoms with Gasteiger partial charge >= 0.3 is 0 Å². The Morgan fingerprint density at radius 3 is 2.40 bits per heavy atom. The number of likely N-dealkylation sites (N-methyl/N-ethyl adjacent to an activating group) is 1. The zero-order chi connectivity index (χ0) is 14.4. The minimum Gasteiger partial charge on any atom is -0.385 e. The molecule has 1 fully saturated rings. The van der Waals surface area contributed by atoms with Gasteiger partial charge in [-0.25, -0.2) is 0 Å². The van der Waals surface area contributed by atoms with Crippen LogP contribution in [0.3, 0.4) is 0 Å². The summed E-state index contributed by atoms with van der Waals surface area (Å²) in [6.07, 6.45) is 5.90. The number of hydrogen-bond acceptors (Lipinski definition) is 2. The average Bonchev–Trinajstić information content (AvgIpc) is 2.48. The van der Waals surface area contributed by atoms with Crippen molar-refractivity contribution < 1.29 is 4.79 Å². The number of carbonyl (C=O) groups is 1. The summed E-state index contributed by atoms with van der Waals surface area (Å²) in [6, 6.07) is 8.20. The number of nitrogens with one attached hydrogen (secondary N) is 2. The highest BCUT2D eigenvalue weighted by Gasteiger charge is 2.17. The molecule has 3 heteroatoms. The topological polar surface area (TPSA) is 41.1 Å². The standard InChI is InChI=1S/C17H26N2O/c1-13-3-5-15(6-4-13)12-19-16-9-7-14(8-10-16)11-17(20)18-2/h7-10,13,15,19H,3-6,11-12H2,1-2H3,(H,18,20). The number of anilines is 1. The van der Waals surface area contributed by atoms with E-state index in [9.17, 15) is 4.79 Å². The maximum Gasteiger partial charge on any atom is 0.224 e. The van der Waals surface area contributed by atoms with Crippen LogP contribution < -0.4 is 10.6 Å². The fourth-order valence-electron chi connectivity index (χ4n) is 2.81. The molecule has 1 aromatic carbocycles. The first-order valence-corrected chi connectivity index (χ1v) is 7.70. The third-order valence-corrected chi connectivity index (χ3v) is 4.33. The maximum absolute atomic E-state index is 11.3. The summed E-state index contributed by atoms with van der Waals surface area (Å²) in [5, 5.41) is 6.17. The van der Waals surface area contributed by atoms with E-state index in [-0.39, 0.29) is 5.91 Å². The molecule has 0 spiro atoms.